The minimum atomic E-state index is -3.19. The van der Waals surface area contributed by atoms with Crippen molar-refractivity contribution >= 4 is 9.84 Å². The molecule has 1 aromatic carbocycles. The Morgan fingerprint density at radius 2 is 1.83 bits per heavy atom. The number of hydrogen-bond donors (Lipinski definition) is 1. The van der Waals surface area contributed by atoms with E-state index in [0.717, 1.165) is 44.7 Å². The monoisotopic (exact) mass is 335 g/mol. The Morgan fingerprint density at radius 3 is 2.48 bits per heavy atom. The maximum atomic E-state index is 12.3. The smallest absolute Gasteiger partial charge is 0.181 e. The molecule has 0 radical (unpaired) electrons. The van der Waals surface area contributed by atoms with Gasteiger partial charge in [-0.2, -0.15) is 0 Å². The number of benzene rings is 1. The average Bonchev–Trinajstić information content (AvgIpc) is 2.56. The molecule has 1 N–H and O–H groups in total. The predicted octanol–water partition coefficient (Wildman–Crippen LogP) is 3.75. The van der Waals surface area contributed by atoms with E-state index in [1.807, 2.05) is 18.2 Å². The van der Waals surface area contributed by atoms with Gasteiger partial charge in [0.15, 0.2) is 9.84 Å². The molecule has 1 heterocycles. The number of sulfone groups is 1. The summed E-state index contributed by atoms with van der Waals surface area (Å²) in [5.41, 5.74) is 1.24. The third kappa shape index (κ3) is 6.11. The number of unbranched alkanes of at least 4 members (excludes halogenated alkanes) is 2. The summed E-state index contributed by atoms with van der Waals surface area (Å²) in [5, 5.41) is 3.38. The van der Waals surface area contributed by atoms with Crippen LogP contribution >= 0.6 is 0 Å². The first-order valence-corrected chi connectivity index (χ1v) is 10.4. The molecule has 0 saturated carbocycles. The lowest BCUT2D eigenvalue weighted by Crippen LogP contribution is -2.28. The summed E-state index contributed by atoms with van der Waals surface area (Å²) in [5.74, 6) is 0.824. The molecule has 0 unspecified atom stereocenters. The Morgan fingerprint density at radius 1 is 1.13 bits per heavy atom. The van der Waals surface area contributed by atoms with Gasteiger partial charge in [-0.15, -0.1) is 0 Å². The summed E-state index contributed by atoms with van der Waals surface area (Å²) in [6.07, 6.45) is 10.4. The summed E-state index contributed by atoms with van der Waals surface area (Å²) < 4.78 is 24.6. The van der Waals surface area contributed by atoms with Crippen LogP contribution in [-0.2, 0) is 16.3 Å². The third-order valence-electron chi connectivity index (χ3n) is 4.47. The summed E-state index contributed by atoms with van der Waals surface area (Å²) in [6.45, 7) is 4.33. The third-order valence-corrected chi connectivity index (χ3v) is 6.09. The van der Waals surface area contributed by atoms with Gasteiger partial charge in [-0.1, -0.05) is 44.1 Å². The molecule has 0 spiro atoms. The lowest BCUT2D eigenvalue weighted by atomic mass is 9.91. The van der Waals surface area contributed by atoms with E-state index in [-0.39, 0.29) is 5.75 Å². The number of allylic oxidation sites excluding steroid dienone is 1. The highest BCUT2D eigenvalue weighted by atomic mass is 32.2. The van der Waals surface area contributed by atoms with Crippen molar-refractivity contribution in [2.24, 2.45) is 5.92 Å². The summed E-state index contributed by atoms with van der Waals surface area (Å²) in [4.78, 5) is 0.437. The van der Waals surface area contributed by atoms with Crippen LogP contribution in [0, 0.1) is 5.92 Å². The minimum Gasteiger partial charge on any atom is -0.317 e. The molecule has 0 aromatic heterocycles. The van der Waals surface area contributed by atoms with Crippen LogP contribution in [0.4, 0.5) is 0 Å². The van der Waals surface area contributed by atoms with E-state index in [4.69, 9.17) is 0 Å². The van der Waals surface area contributed by atoms with Gasteiger partial charge in [0.1, 0.15) is 0 Å². The molecule has 1 aliphatic rings. The normalized spacial score (nSPS) is 16.9. The van der Waals surface area contributed by atoms with E-state index < -0.39 is 9.84 Å². The second-order valence-electron chi connectivity index (χ2n) is 6.44. The van der Waals surface area contributed by atoms with Crippen molar-refractivity contribution in [2.45, 2.75) is 50.3 Å². The number of hydrogen-bond acceptors (Lipinski definition) is 3. The van der Waals surface area contributed by atoms with Crippen molar-refractivity contribution in [2.75, 3.05) is 18.8 Å². The number of nitrogens with one attached hydrogen (secondary N) is 1. The van der Waals surface area contributed by atoms with Crippen LogP contribution in [0.3, 0.4) is 0 Å². The molecule has 23 heavy (non-hydrogen) atoms. The highest BCUT2D eigenvalue weighted by Gasteiger charge is 2.15. The zero-order valence-electron chi connectivity index (χ0n) is 14.1. The van der Waals surface area contributed by atoms with Crippen LogP contribution in [0.15, 0.2) is 41.3 Å². The van der Waals surface area contributed by atoms with Gasteiger partial charge in [-0.3, -0.25) is 0 Å². The lowest BCUT2D eigenvalue weighted by Gasteiger charge is -2.22. The molecule has 1 fully saturated rings. The van der Waals surface area contributed by atoms with Gasteiger partial charge in [-0.25, -0.2) is 8.42 Å². The van der Waals surface area contributed by atoms with Crippen LogP contribution in [0.1, 0.15) is 44.6 Å². The van der Waals surface area contributed by atoms with Crippen LogP contribution < -0.4 is 5.32 Å². The quantitative estimate of drug-likeness (QED) is 0.581. The van der Waals surface area contributed by atoms with Crippen molar-refractivity contribution in [1.82, 2.24) is 5.32 Å². The number of rotatable bonds is 8. The molecule has 1 saturated heterocycles. The molecule has 0 aliphatic carbocycles. The van der Waals surface area contributed by atoms with Crippen molar-refractivity contribution in [1.29, 1.82) is 0 Å². The first-order chi connectivity index (χ1) is 11.1. The Bertz CT molecular complexity index is 584. The van der Waals surface area contributed by atoms with Gasteiger partial charge in [0.25, 0.3) is 0 Å². The molecule has 0 atom stereocenters. The maximum Gasteiger partial charge on any atom is 0.181 e. The molecular weight excluding hydrogens is 306 g/mol. The Labute approximate surface area is 141 Å². The molecule has 2 rings (SSSR count). The van der Waals surface area contributed by atoms with Crippen LogP contribution in [0.5, 0.6) is 0 Å². The molecule has 3 nitrogen and oxygen atoms in total. The zero-order valence-corrected chi connectivity index (χ0v) is 14.9. The first kappa shape index (κ1) is 18.2. The minimum absolute atomic E-state index is 0.102. The van der Waals surface area contributed by atoms with E-state index in [9.17, 15) is 8.42 Å². The second kappa shape index (κ2) is 9.24. The van der Waals surface area contributed by atoms with Crippen molar-refractivity contribution in [3.05, 3.63) is 42.0 Å². The van der Waals surface area contributed by atoms with Crippen molar-refractivity contribution in [3.63, 3.8) is 0 Å². The SMILES string of the molecule is CCCCC=CCS(=O)(=O)c1ccc(CC2CCNCC2)cc1. The molecule has 4 heteroatoms. The fraction of sp³-hybridized carbons (Fsp3) is 0.579. The molecule has 0 amide bonds. The van der Waals surface area contributed by atoms with E-state index in [2.05, 4.69) is 12.2 Å². The van der Waals surface area contributed by atoms with Gasteiger partial charge >= 0.3 is 0 Å². The van der Waals surface area contributed by atoms with Crippen molar-refractivity contribution in [3.8, 4) is 0 Å². The Balaban J connectivity index is 1.90. The van der Waals surface area contributed by atoms with Crippen LogP contribution in [0.2, 0.25) is 0 Å². The van der Waals surface area contributed by atoms with Gasteiger partial charge < -0.3 is 5.32 Å². The van der Waals surface area contributed by atoms with Crippen LogP contribution in [0.25, 0.3) is 0 Å². The van der Waals surface area contributed by atoms with Gasteiger partial charge in [-0.05, 0) is 62.4 Å². The average molecular weight is 336 g/mol. The topological polar surface area (TPSA) is 46.2 Å². The zero-order chi connectivity index (χ0) is 16.5. The number of piperidine rings is 1. The first-order valence-electron chi connectivity index (χ1n) is 8.79. The van der Waals surface area contributed by atoms with Gasteiger partial charge in [0, 0.05) is 0 Å². The Kier molecular flexibility index (Phi) is 7.31. The van der Waals surface area contributed by atoms with Crippen molar-refractivity contribution < 1.29 is 8.42 Å². The van der Waals surface area contributed by atoms with Gasteiger partial charge in [0.05, 0.1) is 10.6 Å². The highest BCUT2D eigenvalue weighted by molar-refractivity contribution is 7.91. The van der Waals surface area contributed by atoms with E-state index in [1.165, 1.54) is 18.4 Å². The second-order valence-corrected chi connectivity index (χ2v) is 8.47. The lowest BCUT2D eigenvalue weighted by molar-refractivity contribution is 0.372. The molecule has 0 bridgehead atoms. The summed E-state index contributed by atoms with van der Waals surface area (Å²) in [6, 6.07) is 7.50. The highest BCUT2D eigenvalue weighted by Crippen LogP contribution is 2.20. The van der Waals surface area contributed by atoms with Gasteiger partial charge in [0.2, 0.25) is 0 Å². The van der Waals surface area contributed by atoms with E-state index in [1.54, 1.807) is 18.2 Å². The molecule has 1 aromatic rings. The maximum absolute atomic E-state index is 12.3. The summed E-state index contributed by atoms with van der Waals surface area (Å²) >= 11 is 0. The molecular formula is C19H29NO2S. The Hall–Kier alpha value is -1.13. The van der Waals surface area contributed by atoms with E-state index >= 15 is 0 Å². The predicted molar refractivity (Wildman–Crippen MR) is 96.5 cm³/mol. The van der Waals surface area contributed by atoms with E-state index in [0.29, 0.717) is 4.90 Å². The molecule has 128 valence electrons. The summed E-state index contributed by atoms with van der Waals surface area (Å²) in [7, 11) is -3.19. The molecule has 1 aliphatic heterocycles. The fourth-order valence-electron chi connectivity index (χ4n) is 2.98. The largest absolute Gasteiger partial charge is 0.317 e. The standard InChI is InChI=1S/C19H29NO2S/c1-2-3-4-5-6-15-23(21,22)19-9-7-17(8-10-19)16-18-11-13-20-14-12-18/h5-10,18,20H,2-4,11-16H2,1H3. The van der Waals surface area contributed by atoms with Crippen LogP contribution in [-0.4, -0.2) is 27.3 Å². The fourth-order valence-corrected chi connectivity index (χ4v) is 4.12.